The summed E-state index contributed by atoms with van der Waals surface area (Å²) in [5.74, 6) is -0.136. The maximum Gasteiger partial charge on any atom is 0.261 e. The SMILES string of the molecule is Cc1cc(NC(=O)c2cc(Br)cnc2Cl)on1. The van der Waals surface area contributed by atoms with Crippen molar-refractivity contribution in [1.82, 2.24) is 10.1 Å². The molecule has 2 heterocycles. The highest BCUT2D eigenvalue weighted by Gasteiger charge is 2.14. The van der Waals surface area contributed by atoms with Gasteiger partial charge < -0.3 is 4.52 Å². The van der Waals surface area contributed by atoms with Gasteiger partial charge in [-0.25, -0.2) is 4.98 Å². The Hall–Kier alpha value is -1.40. The molecule has 17 heavy (non-hydrogen) atoms. The lowest BCUT2D eigenvalue weighted by Crippen LogP contribution is -2.12. The molecule has 0 aliphatic rings. The smallest absolute Gasteiger partial charge is 0.261 e. The van der Waals surface area contributed by atoms with Gasteiger partial charge in [-0.3, -0.25) is 10.1 Å². The third-order valence-electron chi connectivity index (χ3n) is 1.92. The van der Waals surface area contributed by atoms with Crippen LogP contribution in [-0.2, 0) is 0 Å². The first-order valence-corrected chi connectivity index (χ1v) is 5.79. The van der Waals surface area contributed by atoms with Crippen molar-refractivity contribution in [2.24, 2.45) is 0 Å². The molecule has 0 radical (unpaired) electrons. The Kier molecular flexibility index (Phi) is 3.44. The number of halogens is 2. The fourth-order valence-electron chi connectivity index (χ4n) is 1.18. The van der Waals surface area contributed by atoms with E-state index in [1.54, 1.807) is 19.1 Å². The van der Waals surface area contributed by atoms with Crippen LogP contribution in [0.5, 0.6) is 0 Å². The van der Waals surface area contributed by atoms with Gasteiger partial charge in [-0.1, -0.05) is 16.8 Å². The molecule has 0 fully saturated rings. The minimum atomic E-state index is -0.403. The summed E-state index contributed by atoms with van der Waals surface area (Å²) in [6, 6.07) is 3.19. The van der Waals surface area contributed by atoms with E-state index in [0.29, 0.717) is 10.2 Å². The molecule has 1 amide bonds. The van der Waals surface area contributed by atoms with E-state index in [1.165, 1.54) is 6.20 Å². The fourth-order valence-corrected chi connectivity index (χ4v) is 1.70. The van der Waals surface area contributed by atoms with Crippen molar-refractivity contribution in [3.05, 3.63) is 39.2 Å². The molecule has 5 nitrogen and oxygen atoms in total. The quantitative estimate of drug-likeness (QED) is 0.865. The van der Waals surface area contributed by atoms with E-state index in [1.807, 2.05) is 0 Å². The average Bonchev–Trinajstić information content (AvgIpc) is 2.67. The van der Waals surface area contributed by atoms with Gasteiger partial charge in [0.05, 0.1) is 11.3 Å². The van der Waals surface area contributed by atoms with Crippen molar-refractivity contribution in [2.45, 2.75) is 6.92 Å². The van der Waals surface area contributed by atoms with Crippen LogP contribution in [0.15, 0.2) is 27.3 Å². The summed E-state index contributed by atoms with van der Waals surface area (Å²) in [7, 11) is 0. The Morgan fingerprint density at radius 2 is 2.29 bits per heavy atom. The van der Waals surface area contributed by atoms with Gasteiger partial charge in [-0.2, -0.15) is 0 Å². The van der Waals surface area contributed by atoms with Gasteiger partial charge in [0.1, 0.15) is 5.15 Å². The van der Waals surface area contributed by atoms with E-state index >= 15 is 0 Å². The highest BCUT2D eigenvalue weighted by molar-refractivity contribution is 9.10. The van der Waals surface area contributed by atoms with Crippen molar-refractivity contribution in [2.75, 3.05) is 5.32 Å². The highest BCUT2D eigenvalue weighted by atomic mass is 79.9. The Labute approximate surface area is 110 Å². The zero-order valence-corrected chi connectivity index (χ0v) is 11.0. The third kappa shape index (κ3) is 2.83. The molecule has 1 N–H and O–H groups in total. The van der Waals surface area contributed by atoms with Gasteiger partial charge in [0, 0.05) is 16.7 Å². The molecular weight excluding hydrogens is 309 g/mol. The predicted molar refractivity (Wildman–Crippen MR) is 66.1 cm³/mol. The molecule has 2 rings (SSSR count). The van der Waals surface area contributed by atoms with Crippen LogP contribution in [0.3, 0.4) is 0 Å². The van der Waals surface area contributed by atoms with Crippen LogP contribution in [0, 0.1) is 6.92 Å². The number of pyridine rings is 1. The second kappa shape index (κ2) is 4.85. The molecule has 0 spiro atoms. The fraction of sp³-hybridized carbons (Fsp3) is 0.100. The number of nitrogens with one attached hydrogen (secondary N) is 1. The largest absolute Gasteiger partial charge is 0.338 e. The minimum Gasteiger partial charge on any atom is -0.338 e. The third-order valence-corrected chi connectivity index (χ3v) is 2.65. The molecule has 2 aromatic rings. The number of rotatable bonds is 2. The van der Waals surface area contributed by atoms with E-state index in [0.717, 1.165) is 0 Å². The lowest BCUT2D eigenvalue weighted by Gasteiger charge is -2.03. The van der Waals surface area contributed by atoms with Crippen molar-refractivity contribution in [3.8, 4) is 0 Å². The summed E-state index contributed by atoms with van der Waals surface area (Å²) in [4.78, 5) is 15.7. The Bertz CT molecular complexity index is 570. The molecule has 0 atom stereocenters. The number of amides is 1. The second-order valence-corrected chi connectivity index (χ2v) is 4.55. The predicted octanol–water partition coefficient (Wildman–Crippen LogP) is 3.05. The van der Waals surface area contributed by atoms with Gasteiger partial charge >= 0.3 is 0 Å². The molecule has 0 saturated carbocycles. The number of anilines is 1. The number of carbonyl (C=O) groups excluding carboxylic acids is 1. The van der Waals surface area contributed by atoms with E-state index in [2.05, 4.69) is 31.4 Å². The maximum atomic E-state index is 11.9. The summed E-state index contributed by atoms with van der Waals surface area (Å²) in [6.07, 6.45) is 1.51. The lowest BCUT2D eigenvalue weighted by molar-refractivity contribution is 0.102. The highest BCUT2D eigenvalue weighted by Crippen LogP contribution is 2.19. The summed E-state index contributed by atoms with van der Waals surface area (Å²) >= 11 is 9.04. The van der Waals surface area contributed by atoms with Crippen molar-refractivity contribution < 1.29 is 9.32 Å². The Morgan fingerprint density at radius 1 is 1.53 bits per heavy atom. The van der Waals surface area contributed by atoms with E-state index in [-0.39, 0.29) is 16.6 Å². The molecule has 0 aliphatic heterocycles. The van der Waals surface area contributed by atoms with Crippen LogP contribution in [0.25, 0.3) is 0 Å². The van der Waals surface area contributed by atoms with Gasteiger partial charge in [-0.15, -0.1) is 0 Å². The first-order chi connectivity index (χ1) is 8.06. The topological polar surface area (TPSA) is 68.0 Å². The summed E-state index contributed by atoms with van der Waals surface area (Å²) in [5.41, 5.74) is 0.939. The Morgan fingerprint density at radius 3 is 2.94 bits per heavy atom. The molecule has 0 bridgehead atoms. The van der Waals surface area contributed by atoms with Crippen LogP contribution >= 0.6 is 27.5 Å². The maximum absolute atomic E-state index is 11.9. The van der Waals surface area contributed by atoms with E-state index < -0.39 is 5.91 Å². The number of nitrogens with zero attached hydrogens (tertiary/aromatic N) is 2. The molecule has 0 unspecified atom stereocenters. The number of carbonyl (C=O) groups is 1. The summed E-state index contributed by atoms with van der Waals surface area (Å²) in [6.45, 7) is 1.76. The van der Waals surface area contributed by atoms with E-state index in [4.69, 9.17) is 16.1 Å². The van der Waals surface area contributed by atoms with Gasteiger partial charge in [0.2, 0.25) is 5.88 Å². The molecule has 0 saturated heterocycles. The first-order valence-electron chi connectivity index (χ1n) is 4.62. The zero-order chi connectivity index (χ0) is 12.4. The summed E-state index contributed by atoms with van der Waals surface area (Å²) < 4.78 is 5.54. The van der Waals surface area contributed by atoms with Gasteiger partial charge in [0.15, 0.2) is 0 Å². The van der Waals surface area contributed by atoms with Crippen LogP contribution in [0.2, 0.25) is 5.15 Å². The minimum absolute atomic E-state index is 0.127. The van der Waals surface area contributed by atoms with Crippen LogP contribution in [-0.4, -0.2) is 16.0 Å². The average molecular weight is 317 g/mol. The first kappa shape index (κ1) is 12.1. The number of aryl methyl sites for hydroxylation is 1. The van der Waals surface area contributed by atoms with Crippen molar-refractivity contribution in [3.63, 3.8) is 0 Å². The van der Waals surface area contributed by atoms with E-state index in [9.17, 15) is 4.79 Å². The van der Waals surface area contributed by atoms with Crippen LogP contribution in [0.4, 0.5) is 5.88 Å². The van der Waals surface area contributed by atoms with Crippen molar-refractivity contribution in [1.29, 1.82) is 0 Å². The number of aromatic nitrogens is 2. The second-order valence-electron chi connectivity index (χ2n) is 3.28. The Balaban J connectivity index is 2.22. The molecule has 0 aromatic carbocycles. The van der Waals surface area contributed by atoms with Gasteiger partial charge in [0.25, 0.3) is 5.91 Å². The molecule has 0 aliphatic carbocycles. The summed E-state index contributed by atoms with van der Waals surface area (Å²) in [5, 5.41) is 6.32. The number of hydrogen-bond acceptors (Lipinski definition) is 4. The zero-order valence-electron chi connectivity index (χ0n) is 8.70. The number of hydrogen-bond donors (Lipinski definition) is 1. The van der Waals surface area contributed by atoms with Crippen LogP contribution < -0.4 is 5.32 Å². The molecule has 7 heteroatoms. The lowest BCUT2D eigenvalue weighted by atomic mass is 10.2. The standard InChI is InChI=1S/C10H7BrClN3O2/c1-5-2-8(17-15-5)14-10(16)7-3-6(11)4-13-9(7)12/h2-4H,1H3,(H,14,16). The normalized spacial score (nSPS) is 10.3. The van der Waals surface area contributed by atoms with Gasteiger partial charge in [-0.05, 0) is 28.9 Å². The monoisotopic (exact) mass is 315 g/mol. The van der Waals surface area contributed by atoms with Crippen molar-refractivity contribution >= 4 is 39.3 Å². The molecule has 88 valence electrons. The molecular formula is C10H7BrClN3O2. The molecule has 2 aromatic heterocycles. The van der Waals surface area contributed by atoms with Crippen LogP contribution in [0.1, 0.15) is 16.1 Å².